The van der Waals surface area contributed by atoms with E-state index in [1.54, 1.807) is 0 Å². The highest BCUT2D eigenvalue weighted by atomic mass is 35.5. The van der Waals surface area contributed by atoms with Crippen LogP contribution in [0.2, 0.25) is 0 Å². The molecule has 0 amide bonds. The number of carboxylic acid groups (broad SMARTS) is 1. The van der Waals surface area contributed by atoms with E-state index in [4.69, 9.17) is 16.7 Å². The number of carbonyl (C=O) groups is 1. The molecule has 1 N–H and O–H groups in total. The number of carboxylic acids is 1. The summed E-state index contributed by atoms with van der Waals surface area (Å²) < 4.78 is 36.1. The molecule has 0 aromatic heterocycles. The van der Waals surface area contributed by atoms with Gasteiger partial charge >= 0.3 is 12.1 Å². The Hall–Kier alpha value is -0.750. The summed E-state index contributed by atoms with van der Waals surface area (Å²) in [6, 6.07) is 0. The normalized spacial score (nSPS) is 13.3. The molecular formula is C8H11ClF3NO2. The van der Waals surface area contributed by atoms with Crippen molar-refractivity contribution >= 4 is 17.6 Å². The van der Waals surface area contributed by atoms with Gasteiger partial charge in [-0.1, -0.05) is 11.6 Å². The van der Waals surface area contributed by atoms with E-state index in [0.29, 0.717) is 5.57 Å². The van der Waals surface area contributed by atoms with E-state index >= 15 is 0 Å². The minimum atomic E-state index is -4.41. The van der Waals surface area contributed by atoms with Crippen molar-refractivity contribution < 1.29 is 23.1 Å². The molecule has 7 heteroatoms. The van der Waals surface area contributed by atoms with Crippen LogP contribution in [0.1, 0.15) is 6.92 Å². The first kappa shape index (κ1) is 14.2. The molecule has 0 aromatic carbocycles. The molecule has 88 valence electrons. The lowest BCUT2D eigenvalue weighted by Gasteiger charge is -2.21. The van der Waals surface area contributed by atoms with E-state index in [1.807, 2.05) is 0 Å². The summed E-state index contributed by atoms with van der Waals surface area (Å²) in [4.78, 5) is 11.1. The van der Waals surface area contributed by atoms with Gasteiger partial charge in [-0.3, -0.25) is 9.69 Å². The molecule has 3 nitrogen and oxygen atoms in total. The van der Waals surface area contributed by atoms with Gasteiger partial charge in [-0.15, -0.1) is 0 Å². The number of alkyl halides is 3. The molecule has 0 aliphatic rings. The van der Waals surface area contributed by atoms with Gasteiger partial charge < -0.3 is 5.11 Å². The lowest BCUT2D eigenvalue weighted by molar-refractivity contribution is -0.153. The van der Waals surface area contributed by atoms with Crippen molar-refractivity contribution in [3.05, 3.63) is 11.1 Å². The molecule has 0 unspecified atom stereocenters. The molecule has 0 radical (unpaired) electrons. The topological polar surface area (TPSA) is 40.5 Å². The van der Waals surface area contributed by atoms with Crippen molar-refractivity contribution in [3.8, 4) is 0 Å². The molecule has 0 saturated carbocycles. The van der Waals surface area contributed by atoms with Gasteiger partial charge in [0.25, 0.3) is 0 Å². The highest BCUT2D eigenvalue weighted by molar-refractivity contribution is 6.25. The maximum atomic E-state index is 12.0. The molecule has 0 heterocycles. The van der Waals surface area contributed by atoms with Crippen LogP contribution in [0, 0.1) is 0 Å². The molecular weight excluding hydrogens is 235 g/mol. The highest BCUT2D eigenvalue weighted by Crippen LogP contribution is 2.17. The number of hydrogen-bond donors (Lipinski definition) is 1. The molecule has 0 aliphatic carbocycles. The van der Waals surface area contributed by atoms with Crippen LogP contribution in [0.15, 0.2) is 11.1 Å². The van der Waals surface area contributed by atoms with E-state index in [1.165, 1.54) is 6.92 Å². The van der Waals surface area contributed by atoms with Crippen LogP contribution in [0.4, 0.5) is 13.2 Å². The molecule has 0 bridgehead atoms. The second-order valence-corrected chi connectivity index (χ2v) is 3.33. The Labute approximate surface area is 90.1 Å². The zero-order chi connectivity index (χ0) is 12.1. The van der Waals surface area contributed by atoms with Crippen molar-refractivity contribution in [1.82, 2.24) is 4.90 Å². The Morgan fingerprint density at radius 1 is 1.47 bits per heavy atom. The lowest BCUT2D eigenvalue weighted by Crippen LogP contribution is -2.38. The van der Waals surface area contributed by atoms with Gasteiger partial charge in [0.2, 0.25) is 0 Å². The summed E-state index contributed by atoms with van der Waals surface area (Å²) in [7, 11) is 0. The van der Waals surface area contributed by atoms with Crippen molar-refractivity contribution in [2.24, 2.45) is 0 Å². The number of halogens is 4. The second kappa shape index (κ2) is 5.97. The first-order valence-electron chi connectivity index (χ1n) is 4.01. The minimum Gasteiger partial charge on any atom is -0.480 e. The second-order valence-electron chi connectivity index (χ2n) is 3.11. The van der Waals surface area contributed by atoms with Gasteiger partial charge in [-0.2, -0.15) is 13.2 Å². The van der Waals surface area contributed by atoms with Crippen molar-refractivity contribution in [1.29, 1.82) is 0 Å². The number of aliphatic carboxylic acids is 1. The Morgan fingerprint density at radius 2 is 2.00 bits per heavy atom. The van der Waals surface area contributed by atoms with Gasteiger partial charge in [-0.25, -0.2) is 0 Å². The van der Waals surface area contributed by atoms with Crippen molar-refractivity contribution in [2.75, 3.05) is 19.6 Å². The predicted molar refractivity (Wildman–Crippen MR) is 49.7 cm³/mol. The van der Waals surface area contributed by atoms with E-state index in [2.05, 4.69) is 0 Å². The fourth-order valence-electron chi connectivity index (χ4n) is 1.000. The Kier molecular flexibility index (Phi) is 5.67. The predicted octanol–water partition coefficient (Wildman–Crippen LogP) is 2.08. The quantitative estimate of drug-likeness (QED) is 0.806. The molecule has 0 spiro atoms. The van der Waals surface area contributed by atoms with Gasteiger partial charge in [0, 0.05) is 12.1 Å². The smallest absolute Gasteiger partial charge is 0.401 e. The Morgan fingerprint density at radius 3 is 2.33 bits per heavy atom. The van der Waals surface area contributed by atoms with Crippen molar-refractivity contribution in [3.63, 3.8) is 0 Å². The van der Waals surface area contributed by atoms with Gasteiger partial charge in [0.15, 0.2) is 0 Å². The van der Waals surface area contributed by atoms with Crippen LogP contribution in [-0.2, 0) is 4.79 Å². The summed E-state index contributed by atoms with van der Waals surface area (Å²) in [5.74, 6) is -1.30. The minimum absolute atomic E-state index is 0.116. The monoisotopic (exact) mass is 245 g/mol. The zero-order valence-corrected chi connectivity index (χ0v) is 8.77. The largest absolute Gasteiger partial charge is 0.480 e. The van der Waals surface area contributed by atoms with E-state index in [0.717, 1.165) is 10.4 Å². The molecule has 0 aliphatic heterocycles. The average molecular weight is 246 g/mol. The zero-order valence-electron chi connectivity index (χ0n) is 8.01. The molecule has 15 heavy (non-hydrogen) atoms. The van der Waals surface area contributed by atoms with Crippen LogP contribution < -0.4 is 0 Å². The van der Waals surface area contributed by atoms with E-state index in [-0.39, 0.29) is 6.54 Å². The Bertz CT molecular complexity index is 253. The number of rotatable bonds is 5. The standard InChI is InChI=1S/C8H11ClF3NO2/c1-6(2-9)3-13(4-7(14)15)5-8(10,11)12/h2H,3-5H2,1H3,(H,14,15). The third-order valence-electron chi connectivity index (χ3n) is 1.42. The SMILES string of the molecule is CC(=CCl)CN(CC(=O)O)CC(F)(F)F. The first-order valence-corrected chi connectivity index (χ1v) is 4.45. The third kappa shape index (κ3) is 8.26. The van der Waals surface area contributed by atoms with E-state index in [9.17, 15) is 18.0 Å². The van der Waals surface area contributed by atoms with Crippen LogP contribution in [0.25, 0.3) is 0 Å². The molecule has 0 saturated heterocycles. The third-order valence-corrected chi connectivity index (χ3v) is 1.79. The van der Waals surface area contributed by atoms with Gasteiger partial charge in [0.1, 0.15) is 0 Å². The van der Waals surface area contributed by atoms with Crippen molar-refractivity contribution in [2.45, 2.75) is 13.1 Å². The van der Waals surface area contributed by atoms with Crippen LogP contribution in [-0.4, -0.2) is 41.8 Å². The fraction of sp³-hybridized carbons (Fsp3) is 0.625. The molecule has 0 aromatic rings. The maximum absolute atomic E-state index is 12.0. The van der Waals surface area contributed by atoms with Crippen LogP contribution in [0.5, 0.6) is 0 Å². The lowest BCUT2D eigenvalue weighted by atomic mass is 10.3. The summed E-state index contributed by atoms with van der Waals surface area (Å²) in [6.45, 7) is -0.517. The van der Waals surface area contributed by atoms with Crippen LogP contribution >= 0.6 is 11.6 Å². The molecule has 0 fully saturated rings. The van der Waals surface area contributed by atoms with Crippen LogP contribution in [0.3, 0.4) is 0 Å². The number of nitrogens with zero attached hydrogens (tertiary/aromatic N) is 1. The summed E-state index contributed by atoms with van der Waals surface area (Å²) in [6.07, 6.45) is -4.41. The van der Waals surface area contributed by atoms with Gasteiger partial charge in [0.05, 0.1) is 13.1 Å². The van der Waals surface area contributed by atoms with Gasteiger partial charge in [-0.05, 0) is 12.5 Å². The Balaban J connectivity index is 4.38. The molecule has 0 rings (SSSR count). The number of hydrogen-bond acceptors (Lipinski definition) is 2. The average Bonchev–Trinajstić information content (AvgIpc) is 1.99. The maximum Gasteiger partial charge on any atom is 0.401 e. The fourth-order valence-corrected chi connectivity index (χ4v) is 1.07. The summed E-state index contributed by atoms with van der Waals surface area (Å²) >= 11 is 5.29. The molecule has 0 atom stereocenters. The summed E-state index contributed by atoms with van der Waals surface area (Å²) in [5.41, 5.74) is 1.60. The van der Waals surface area contributed by atoms with E-state index < -0.39 is 25.2 Å². The first-order chi connectivity index (χ1) is 6.74. The summed E-state index contributed by atoms with van der Waals surface area (Å²) in [5, 5.41) is 8.40. The highest BCUT2D eigenvalue weighted by Gasteiger charge is 2.31.